The van der Waals surface area contributed by atoms with Gasteiger partial charge < -0.3 is 0 Å². The fourth-order valence-corrected chi connectivity index (χ4v) is 1.39. The van der Waals surface area contributed by atoms with Crippen LogP contribution in [0.3, 0.4) is 0 Å². The van der Waals surface area contributed by atoms with E-state index in [1.807, 2.05) is 48.5 Å². The van der Waals surface area contributed by atoms with Gasteiger partial charge in [0, 0.05) is 23.9 Å². The zero-order valence-electron chi connectivity index (χ0n) is 12.4. The number of aryl methyl sites for hydroxylation is 2. The average molecular weight is 306 g/mol. The van der Waals surface area contributed by atoms with E-state index in [9.17, 15) is 0 Å². The first-order chi connectivity index (χ1) is 9.49. The Hall–Kier alpha value is -1.26. The van der Waals surface area contributed by atoms with Crippen LogP contribution >= 0.6 is 25.3 Å². The molecule has 0 aliphatic rings. The van der Waals surface area contributed by atoms with Crippen LogP contribution < -0.4 is 0 Å². The van der Waals surface area contributed by atoms with Gasteiger partial charge in [0.1, 0.15) is 0 Å². The molecule has 2 aromatic carbocycles. The second-order valence-electron chi connectivity index (χ2n) is 4.07. The van der Waals surface area contributed by atoms with Gasteiger partial charge in [0.2, 0.25) is 0 Å². The molecule has 0 saturated heterocycles. The number of rotatable bonds is 0. The summed E-state index contributed by atoms with van der Waals surface area (Å²) >= 11 is 8.26. The van der Waals surface area contributed by atoms with Crippen LogP contribution in [0.15, 0.2) is 68.6 Å². The molecule has 2 aromatic rings. The average Bonchev–Trinajstić information content (AvgIpc) is 2.46. The van der Waals surface area contributed by atoms with Gasteiger partial charge in [-0.3, -0.25) is 0 Å². The fourth-order valence-electron chi connectivity index (χ4n) is 1.09. The van der Waals surface area contributed by atoms with E-state index >= 15 is 0 Å². The van der Waals surface area contributed by atoms with Gasteiger partial charge in [-0.05, 0) is 38.1 Å². The Kier molecular flexibility index (Phi) is 10.8. The molecule has 0 unspecified atom stereocenters. The Bertz CT molecular complexity index is 401. The highest BCUT2D eigenvalue weighted by atomic mass is 32.1. The largest absolute Gasteiger partial charge is 0.198 e. The van der Waals surface area contributed by atoms with Crippen molar-refractivity contribution in [2.75, 3.05) is 14.1 Å². The molecule has 2 nitrogen and oxygen atoms in total. The molecule has 0 bridgehead atoms. The molecule has 0 aromatic heterocycles. The molecule has 4 heteroatoms. The SMILES string of the molecule is CN=NC.Cc1ccc(S)cc1.Cc1ccc(S)cc1. The summed E-state index contributed by atoms with van der Waals surface area (Å²) in [6.07, 6.45) is 0. The summed E-state index contributed by atoms with van der Waals surface area (Å²) < 4.78 is 0. The van der Waals surface area contributed by atoms with E-state index in [0.717, 1.165) is 9.79 Å². The Balaban J connectivity index is 0.000000289. The molecule has 0 aliphatic heterocycles. The number of nitrogens with zero attached hydrogens (tertiary/aromatic N) is 2. The summed E-state index contributed by atoms with van der Waals surface area (Å²) in [7, 11) is 3.28. The quantitative estimate of drug-likeness (QED) is 0.490. The predicted octanol–water partition coefficient (Wildman–Crippen LogP) is 5.27. The van der Waals surface area contributed by atoms with Crippen molar-refractivity contribution in [2.24, 2.45) is 10.2 Å². The van der Waals surface area contributed by atoms with Gasteiger partial charge in [-0.25, -0.2) is 0 Å². The van der Waals surface area contributed by atoms with Gasteiger partial charge in [0.15, 0.2) is 0 Å². The van der Waals surface area contributed by atoms with E-state index in [1.165, 1.54) is 11.1 Å². The van der Waals surface area contributed by atoms with Gasteiger partial charge in [-0.2, -0.15) is 10.2 Å². The normalized spacial score (nSPS) is 9.30. The van der Waals surface area contributed by atoms with Crippen molar-refractivity contribution in [2.45, 2.75) is 23.6 Å². The first-order valence-electron chi connectivity index (χ1n) is 6.18. The van der Waals surface area contributed by atoms with Gasteiger partial charge in [-0.15, -0.1) is 25.3 Å². The molecule has 2 rings (SSSR count). The van der Waals surface area contributed by atoms with Crippen LogP contribution in [0.5, 0.6) is 0 Å². The summed E-state index contributed by atoms with van der Waals surface area (Å²) in [5, 5.41) is 6.72. The lowest BCUT2D eigenvalue weighted by molar-refractivity contribution is 1.11. The summed E-state index contributed by atoms with van der Waals surface area (Å²) in [5.74, 6) is 0. The summed E-state index contributed by atoms with van der Waals surface area (Å²) in [4.78, 5) is 2.05. The van der Waals surface area contributed by atoms with Crippen LogP contribution in [0.25, 0.3) is 0 Å². The van der Waals surface area contributed by atoms with Crippen LogP contribution in [0.1, 0.15) is 11.1 Å². The molecule has 0 saturated carbocycles. The molecular weight excluding hydrogens is 284 g/mol. The Labute approximate surface area is 133 Å². The number of hydrogen-bond donors (Lipinski definition) is 2. The summed E-state index contributed by atoms with van der Waals surface area (Å²) in [5.41, 5.74) is 2.56. The topological polar surface area (TPSA) is 24.7 Å². The van der Waals surface area contributed by atoms with Crippen molar-refractivity contribution >= 4 is 25.3 Å². The highest BCUT2D eigenvalue weighted by molar-refractivity contribution is 7.80. The predicted molar refractivity (Wildman–Crippen MR) is 93.6 cm³/mol. The van der Waals surface area contributed by atoms with Crippen LogP contribution in [0.2, 0.25) is 0 Å². The second kappa shape index (κ2) is 11.6. The number of benzene rings is 2. The van der Waals surface area contributed by atoms with Gasteiger partial charge >= 0.3 is 0 Å². The minimum absolute atomic E-state index is 1.02. The van der Waals surface area contributed by atoms with Crippen molar-refractivity contribution in [3.63, 3.8) is 0 Å². The first-order valence-corrected chi connectivity index (χ1v) is 7.08. The van der Waals surface area contributed by atoms with Crippen molar-refractivity contribution in [3.05, 3.63) is 59.7 Å². The van der Waals surface area contributed by atoms with E-state index in [0.29, 0.717) is 0 Å². The maximum Gasteiger partial charge on any atom is 0.0487 e. The van der Waals surface area contributed by atoms with Crippen LogP contribution in [0, 0.1) is 13.8 Å². The van der Waals surface area contributed by atoms with Crippen molar-refractivity contribution in [1.29, 1.82) is 0 Å². The van der Waals surface area contributed by atoms with E-state index in [2.05, 4.69) is 49.3 Å². The summed E-state index contributed by atoms with van der Waals surface area (Å²) in [6.45, 7) is 4.13. The highest BCUT2D eigenvalue weighted by Crippen LogP contribution is 2.06. The third-order valence-corrected chi connectivity index (χ3v) is 2.86. The second-order valence-corrected chi connectivity index (χ2v) is 5.10. The number of thiol groups is 2. The zero-order chi connectivity index (χ0) is 15.4. The molecule has 0 heterocycles. The molecule has 108 valence electrons. The minimum Gasteiger partial charge on any atom is -0.198 e. The first kappa shape index (κ1) is 18.7. The lowest BCUT2D eigenvalue weighted by Gasteiger charge is -1.89. The molecule has 0 amide bonds. The molecule has 0 N–H and O–H groups in total. The van der Waals surface area contributed by atoms with Crippen LogP contribution in [0.4, 0.5) is 0 Å². The maximum absolute atomic E-state index is 4.13. The Morgan fingerprint density at radius 3 is 1.00 bits per heavy atom. The smallest absolute Gasteiger partial charge is 0.0487 e. The highest BCUT2D eigenvalue weighted by Gasteiger charge is 1.81. The molecular formula is C16H22N2S2. The molecule has 0 spiro atoms. The Morgan fingerprint density at radius 1 is 0.600 bits per heavy atom. The fraction of sp³-hybridized carbons (Fsp3) is 0.250. The monoisotopic (exact) mass is 306 g/mol. The standard InChI is InChI=1S/2C7H8S.C2H6N2/c2*1-6-2-4-7(8)5-3-6;1-3-4-2/h2*2-5,8H,1H3;1-2H3. The molecule has 0 radical (unpaired) electrons. The Morgan fingerprint density at radius 2 is 0.850 bits per heavy atom. The lowest BCUT2D eigenvalue weighted by atomic mass is 10.2. The molecule has 0 aliphatic carbocycles. The maximum atomic E-state index is 4.13. The van der Waals surface area contributed by atoms with E-state index in [1.54, 1.807) is 14.1 Å². The third kappa shape index (κ3) is 10.6. The van der Waals surface area contributed by atoms with E-state index in [-0.39, 0.29) is 0 Å². The molecule has 0 atom stereocenters. The van der Waals surface area contributed by atoms with Crippen molar-refractivity contribution in [3.8, 4) is 0 Å². The van der Waals surface area contributed by atoms with Gasteiger partial charge in [0.05, 0.1) is 0 Å². The number of azo groups is 1. The van der Waals surface area contributed by atoms with Gasteiger partial charge in [0.25, 0.3) is 0 Å². The van der Waals surface area contributed by atoms with Crippen LogP contribution in [-0.4, -0.2) is 14.1 Å². The molecule has 0 fully saturated rings. The van der Waals surface area contributed by atoms with E-state index < -0.39 is 0 Å². The van der Waals surface area contributed by atoms with Crippen molar-refractivity contribution in [1.82, 2.24) is 0 Å². The summed E-state index contributed by atoms with van der Waals surface area (Å²) in [6, 6.07) is 16.1. The van der Waals surface area contributed by atoms with Crippen molar-refractivity contribution < 1.29 is 0 Å². The van der Waals surface area contributed by atoms with Crippen LogP contribution in [-0.2, 0) is 0 Å². The third-order valence-electron chi connectivity index (χ3n) is 2.27. The van der Waals surface area contributed by atoms with Gasteiger partial charge in [-0.1, -0.05) is 35.4 Å². The number of hydrogen-bond acceptors (Lipinski definition) is 4. The minimum atomic E-state index is 1.02. The lowest BCUT2D eigenvalue weighted by Crippen LogP contribution is -1.67. The van der Waals surface area contributed by atoms with E-state index in [4.69, 9.17) is 0 Å². The zero-order valence-corrected chi connectivity index (χ0v) is 14.2. The molecule has 20 heavy (non-hydrogen) atoms.